The molecule has 9 nitrogen and oxygen atoms in total. The van der Waals surface area contributed by atoms with Crippen LogP contribution in [0.3, 0.4) is 0 Å². The van der Waals surface area contributed by atoms with E-state index < -0.39 is 17.9 Å². The number of amides is 2. The third-order valence-corrected chi connectivity index (χ3v) is 9.01. The zero-order valence-corrected chi connectivity index (χ0v) is 26.1. The Labute approximate surface area is 255 Å². The molecular formula is C34H47N4O5+. The summed E-state index contributed by atoms with van der Waals surface area (Å²) >= 11 is 0. The predicted octanol–water partition coefficient (Wildman–Crippen LogP) is 3.75. The first-order valence-electron chi connectivity index (χ1n) is 15.7. The van der Waals surface area contributed by atoms with Crippen molar-refractivity contribution in [3.63, 3.8) is 0 Å². The van der Waals surface area contributed by atoms with E-state index in [1.54, 1.807) is 4.90 Å². The van der Waals surface area contributed by atoms with Crippen molar-refractivity contribution in [2.75, 3.05) is 65.4 Å². The van der Waals surface area contributed by atoms with Crippen LogP contribution in [0.4, 0.5) is 5.69 Å². The number of rotatable bonds is 12. The van der Waals surface area contributed by atoms with E-state index >= 15 is 0 Å². The number of quaternary nitrogens is 1. The van der Waals surface area contributed by atoms with Crippen LogP contribution in [0.1, 0.15) is 55.2 Å². The van der Waals surface area contributed by atoms with E-state index in [1.165, 1.54) is 0 Å². The van der Waals surface area contributed by atoms with Crippen molar-refractivity contribution in [1.29, 1.82) is 0 Å². The van der Waals surface area contributed by atoms with Crippen LogP contribution < -0.4 is 9.64 Å². The zero-order chi connectivity index (χ0) is 30.7. The average Bonchev–Trinajstić information content (AvgIpc) is 3.67. The first-order chi connectivity index (χ1) is 20.5. The molecule has 0 aromatic heterocycles. The number of nitrogens with zero attached hydrogens (tertiary/aromatic N) is 4. The Hall–Kier alpha value is -3.43. The fourth-order valence-electron chi connectivity index (χ4n) is 6.96. The first-order valence-corrected chi connectivity index (χ1v) is 15.7. The van der Waals surface area contributed by atoms with Gasteiger partial charge in [0.05, 0.1) is 40.2 Å². The summed E-state index contributed by atoms with van der Waals surface area (Å²) < 4.78 is 6.48. The molecule has 2 fully saturated rings. The second-order valence-electron chi connectivity index (χ2n) is 13.4. The van der Waals surface area contributed by atoms with Crippen LogP contribution in [0.5, 0.6) is 5.75 Å². The number of carbonyl (C=O) groups excluding carboxylic acids is 2. The normalized spacial score (nSPS) is 22.1. The molecule has 0 radical (unpaired) electrons. The monoisotopic (exact) mass is 591 g/mol. The lowest BCUT2D eigenvalue weighted by molar-refractivity contribution is -0.884. The van der Waals surface area contributed by atoms with Gasteiger partial charge in [-0.1, -0.05) is 37.6 Å². The zero-order valence-electron chi connectivity index (χ0n) is 26.1. The van der Waals surface area contributed by atoms with Crippen molar-refractivity contribution in [1.82, 2.24) is 9.80 Å². The van der Waals surface area contributed by atoms with Crippen LogP contribution in [0.25, 0.3) is 0 Å². The number of carbonyl (C=O) groups is 3. The molecule has 0 aliphatic carbocycles. The number of ether oxygens (including phenoxy) is 1. The molecule has 0 bridgehead atoms. The molecule has 1 unspecified atom stereocenters. The maximum atomic E-state index is 14.2. The summed E-state index contributed by atoms with van der Waals surface area (Å²) in [4.78, 5) is 45.4. The number of anilines is 1. The number of benzene rings is 2. The van der Waals surface area contributed by atoms with Crippen LogP contribution in [0, 0.1) is 5.92 Å². The number of hydrogen-bond acceptors (Lipinski definition) is 5. The van der Waals surface area contributed by atoms with Crippen molar-refractivity contribution in [2.24, 2.45) is 5.92 Å². The lowest BCUT2D eigenvalue weighted by Crippen LogP contribution is -2.49. The first kappa shape index (κ1) is 31.0. The van der Waals surface area contributed by atoms with Crippen LogP contribution in [0.2, 0.25) is 0 Å². The fourth-order valence-corrected chi connectivity index (χ4v) is 6.96. The molecule has 3 heterocycles. The molecule has 2 amide bonds. The minimum absolute atomic E-state index is 0.0410. The van der Waals surface area contributed by atoms with Crippen molar-refractivity contribution in [3.8, 4) is 5.75 Å². The number of fused-ring (bicyclic) bond motifs is 1. The van der Waals surface area contributed by atoms with Crippen molar-refractivity contribution >= 4 is 23.5 Å². The molecule has 0 saturated carbocycles. The predicted molar refractivity (Wildman–Crippen MR) is 166 cm³/mol. The van der Waals surface area contributed by atoms with Gasteiger partial charge in [0.15, 0.2) is 0 Å². The second kappa shape index (κ2) is 13.1. The largest absolute Gasteiger partial charge is 0.493 e. The number of unbranched alkanes of at least 4 members (excludes halogenated alkanes) is 1. The molecular weight excluding hydrogens is 544 g/mol. The van der Waals surface area contributed by atoms with Gasteiger partial charge in [-0.3, -0.25) is 19.3 Å². The maximum Gasteiger partial charge on any atom is 0.308 e. The van der Waals surface area contributed by atoms with Gasteiger partial charge in [0, 0.05) is 62.2 Å². The summed E-state index contributed by atoms with van der Waals surface area (Å²) in [6.45, 7) is 5.69. The van der Waals surface area contributed by atoms with E-state index in [1.807, 2.05) is 34.1 Å². The van der Waals surface area contributed by atoms with E-state index in [0.29, 0.717) is 39.2 Å². The number of hydrogen-bond donors (Lipinski definition) is 1. The highest BCUT2D eigenvalue weighted by molar-refractivity contribution is 5.95. The molecule has 5 rings (SSSR count). The highest BCUT2D eigenvalue weighted by atomic mass is 16.5. The number of carboxylic acid groups (broad SMARTS) is 1. The summed E-state index contributed by atoms with van der Waals surface area (Å²) in [5.41, 5.74) is 4.10. The molecule has 3 aliphatic rings. The minimum Gasteiger partial charge on any atom is -0.493 e. The average molecular weight is 592 g/mol. The Kier molecular flexibility index (Phi) is 9.42. The minimum atomic E-state index is -0.885. The molecule has 232 valence electrons. The van der Waals surface area contributed by atoms with Gasteiger partial charge in [-0.25, -0.2) is 0 Å². The number of aliphatic carboxylic acids is 1. The number of carboxylic acids is 1. The van der Waals surface area contributed by atoms with E-state index in [4.69, 9.17) is 4.74 Å². The Morgan fingerprint density at radius 2 is 1.93 bits per heavy atom. The molecule has 2 aromatic carbocycles. The Morgan fingerprint density at radius 3 is 2.63 bits per heavy atom. The summed E-state index contributed by atoms with van der Waals surface area (Å²) in [7, 11) is 6.44. The molecule has 3 aliphatic heterocycles. The van der Waals surface area contributed by atoms with Crippen molar-refractivity contribution in [2.45, 2.75) is 57.5 Å². The van der Waals surface area contributed by atoms with Gasteiger partial charge in [0.2, 0.25) is 11.8 Å². The highest BCUT2D eigenvalue weighted by Crippen LogP contribution is 2.40. The van der Waals surface area contributed by atoms with Gasteiger partial charge in [-0.15, -0.1) is 0 Å². The lowest BCUT2D eigenvalue weighted by atomic mass is 9.84. The Balaban J connectivity index is 1.44. The van der Waals surface area contributed by atoms with Gasteiger partial charge < -0.3 is 24.1 Å². The van der Waals surface area contributed by atoms with Crippen LogP contribution in [0.15, 0.2) is 42.5 Å². The highest BCUT2D eigenvalue weighted by Gasteiger charge is 2.48. The third kappa shape index (κ3) is 7.21. The van der Waals surface area contributed by atoms with Crippen LogP contribution >= 0.6 is 0 Å². The Morgan fingerprint density at radius 1 is 1.12 bits per heavy atom. The Bertz CT molecular complexity index is 1340. The third-order valence-electron chi connectivity index (χ3n) is 9.01. The number of likely N-dealkylation sites (tertiary alicyclic amines) is 2. The SMILES string of the molecule is CCCCN(C(=O)CN1C[C@H](c2ccc3c(c2)CCO3)C(C(=O)O)[C@@H]1CN1CCCC1=O)c1cccc(C[N+](C)(C)C)c1. The van der Waals surface area contributed by atoms with Gasteiger partial charge in [-0.2, -0.15) is 0 Å². The van der Waals surface area contributed by atoms with E-state index in [0.717, 1.165) is 64.8 Å². The molecule has 0 spiro atoms. The summed E-state index contributed by atoms with van der Waals surface area (Å²) in [5.74, 6) is -1.04. The van der Waals surface area contributed by atoms with E-state index in [9.17, 15) is 19.5 Å². The standard InChI is InChI=1S/C34H46N4O5/c1-5-6-16-37(27-10-7-9-24(18-27)23-38(2,3)4)32(40)22-36-20-28(25-12-13-30-26(19-25)14-17-43-30)33(34(41)42)29(36)21-35-15-8-11-31(35)39/h7,9-10,12-13,18-19,28-29,33H,5-6,8,11,14-17,20-23H2,1-4H3/p+1/t28-,29+,33?/m1/s1. The molecule has 9 heteroatoms. The molecule has 2 aromatic rings. The summed E-state index contributed by atoms with van der Waals surface area (Å²) in [6, 6.07) is 13.7. The van der Waals surface area contributed by atoms with Crippen molar-refractivity contribution in [3.05, 3.63) is 59.2 Å². The van der Waals surface area contributed by atoms with Crippen LogP contribution in [-0.4, -0.2) is 104 Å². The van der Waals surface area contributed by atoms with Gasteiger partial charge >= 0.3 is 5.97 Å². The lowest BCUT2D eigenvalue weighted by Gasteiger charge is -2.32. The fraction of sp³-hybridized carbons (Fsp3) is 0.559. The van der Waals surface area contributed by atoms with Gasteiger partial charge in [0.25, 0.3) is 0 Å². The topological polar surface area (TPSA) is 90.4 Å². The molecule has 2 saturated heterocycles. The van der Waals surface area contributed by atoms with Crippen molar-refractivity contribution < 1.29 is 28.7 Å². The van der Waals surface area contributed by atoms with E-state index in [-0.39, 0.29) is 24.3 Å². The second-order valence-corrected chi connectivity index (χ2v) is 13.4. The molecule has 43 heavy (non-hydrogen) atoms. The maximum absolute atomic E-state index is 14.2. The quantitative estimate of drug-likeness (QED) is 0.378. The van der Waals surface area contributed by atoms with Crippen LogP contribution in [-0.2, 0) is 27.3 Å². The summed E-state index contributed by atoms with van der Waals surface area (Å²) in [6.07, 6.45) is 3.91. The summed E-state index contributed by atoms with van der Waals surface area (Å²) in [5, 5.41) is 10.6. The smallest absolute Gasteiger partial charge is 0.308 e. The molecule has 3 atom stereocenters. The van der Waals surface area contributed by atoms with Gasteiger partial charge in [0.1, 0.15) is 12.3 Å². The molecule has 1 N–H and O–H groups in total. The van der Waals surface area contributed by atoms with E-state index in [2.05, 4.69) is 46.3 Å². The van der Waals surface area contributed by atoms with Gasteiger partial charge in [-0.05, 0) is 42.2 Å².